The molecule has 0 saturated carbocycles. The number of anilines is 1. The molecular weight excluding hydrogens is 430 g/mol. The minimum absolute atomic E-state index is 0.0316. The first-order valence-corrected chi connectivity index (χ1v) is 11.8. The smallest absolute Gasteiger partial charge is 0.291 e. The van der Waals surface area contributed by atoms with Crippen molar-refractivity contribution in [3.8, 4) is 0 Å². The Labute approximate surface area is 201 Å². The molecule has 0 spiro atoms. The van der Waals surface area contributed by atoms with Gasteiger partial charge in [0.15, 0.2) is 5.90 Å². The Morgan fingerprint density at radius 2 is 1.68 bits per heavy atom. The summed E-state index contributed by atoms with van der Waals surface area (Å²) in [6.45, 7) is 9.17. The van der Waals surface area contributed by atoms with Crippen molar-refractivity contribution >= 4 is 29.2 Å². The van der Waals surface area contributed by atoms with Gasteiger partial charge in [-0.1, -0.05) is 76.2 Å². The fourth-order valence-corrected chi connectivity index (χ4v) is 3.46. The number of nitrogens with one attached hydrogen (secondary N) is 2. The van der Waals surface area contributed by atoms with E-state index in [1.165, 1.54) is 0 Å². The molecule has 0 radical (unpaired) electrons. The number of rotatable bonds is 3. The fourth-order valence-electron chi connectivity index (χ4n) is 3.46. The summed E-state index contributed by atoms with van der Waals surface area (Å²) in [6, 6.07) is 16.8. The van der Waals surface area contributed by atoms with Crippen molar-refractivity contribution in [2.75, 3.05) is 18.5 Å². The highest BCUT2D eigenvalue weighted by molar-refractivity contribution is 6.19. The number of nitrogens with two attached hydrogens (primary N) is 1. The standard InChI is InChI=1S/C22H23N5O3.2C2H6/c23-19(15-10-12-29-13-11-15)30-22(24)27-20-21(28)25-17-9-5-4-8-16(17)18(26-20)14-6-2-1-3-7-14;2*1-2/h1-9,15,20,23H,10-13H2,(H2,24,27)(H,25,28);2*1-2H3. The second kappa shape index (κ2) is 13.9. The Bertz CT molecular complexity index is 999. The lowest BCUT2D eigenvalue weighted by molar-refractivity contribution is -0.117. The predicted octanol–water partition coefficient (Wildman–Crippen LogP) is 4.59. The molecule has 2 aromatic carbocycles. The van der Waals surface area contributed by atoms with Crippen LogP contribution in [0.5, 0.6) is 0 Å². The van der Waals surface area contributed by atoms with Crippen LogP contribution in [0.25, 0.3) is 0 Å². The molecule has 0 aliphatic carbocycles. The Morgan fingerprint density at radius 3 is 2.35 bits per heavy atom. The van der Waals surface area contributed by atoms with E-state index in [1.54, 1.807) is 0 Å². The molecule has 0 aromatic heterocycles. The Morgan fingerprint density at radius 1 is 1.06 bits per heavy atom. The molecule has 34 heavy (non-hydrogen) atoms. The molecule has 2 aliphatic heterocycles. The van der Waals surface area contributed by atoms with Crippen molar-refractivity contribution in [3.05, 3.63) is 65.7 Å². The third kappa shape index (κ3) is 6.99. The fraction of sp³-hybridized carbons (Fsp3) is 0.385. The van der Waals surface area contributed by atoms with Gasteiger partial charge in [-0.25, -0.2) is 4.99 Å². The van der Waals surface area contributed by atoms with E-state index in [0.29, 0.717) is 37.5 Å². The molecule has 2 heterocycles. The number of hydrogen-bond donors (Lipinski definition) is 3. The summed E-state index contributed by atoms with van der Waals surface area (Å²) >= 11 is 0. The van der Waals surface area contributed by atoms with Crippen LogP contribution < -0.4 is 11.1 Å². The summed E-state index contributed by atoms with van der Waals surface area (Å²) in [5.74, 6) is -0.454. The number of ether oxygens (including phenoxy) is 2. The number of nitrogens with zero attached hydrogens (tertiary/aromatic N) is 2. The Balaban J connectivity index is 0.000000970. The van der Waals surface area contributed by atoms with Crippen molar-refractivity contribution in [2.45, 2.75) is 46.7 Å². The lowest BCUT2D eigenvalue weighted by Gasteiger charge is -2.22. The van der Waals surface area contributed by atoms with Gasteiger partial charge < -0.3 is 20.5 Å². The van der Waals surface area contributed by atoms with Crippen molar-refractivity contribution in [1.29, 1.82) is 5.41 Å². The van der Waals surface area contributed by atoms with E-state index in [1.807, 2.05) is 82.3 Å². The van der Waals surface area contributed by atoms with Crippen molar-refractivity contribution in [1.82, 2.24) is 0 Å². The summed E-state index contributed by atoms with van der Waals surface area (Å²) in [5.41, 5.74) is 8.85. The van der Waals surface area contributed by atoms with Crippen LogP contribution in [0.15, 0.2) is 64.6 Å². The monoisotopic (exact) mass is 465 g/mol. The molecule has 1 saturated heterocycles. The van der Waals surface area contributed by atoms with Gasteiger partial charge in [-0.15, -0.1) is 0 Å². The number of carbonyl (C=O) groups is 1. The summed E-state index contributed by atoms with van der Waals surface area (Å²) in [5, 5.41) is 11.0. The van der Waals surface area contributed by atoms with Gasteiger partial charge in [-0.3, -0.25) is 10.2 Å². The predicted molar refractivity (Wildman–Crippen MR) is 138 cm³/mol. The SMILES string of the molecule is CC.CC.N=C(O/C(N)=N/C1N=C(c2ccccc2)c2ccccc2NC1=O)C1CCOCC1. The zero-order valence-electron chi connectivity index (χ0n) is 20.4. The zero-order chi connectivity index (χ0) is 24.9. The van der Waals surface area contributed by atoms with E-state index in [4.69, 9.17) is 20.6 Å². The first kappa shape index (κ1) is 26.7. The first-order chi connectivity index (χ1) is 16.6. The normalized spacial score (nSPS) is 17.9. The highest BCUT2D eigenvalue weighted by Gasteiger charge is 2.27. The minimum Gasteiger partial charge on any atom is -0.412 e. The molecule has 1 unspecified atom stereocenters. The molecule has 4 rings (SSSR count). The summed E-state index contributed by atoms with van der Waals surface area (Å²) in [4.78, 5) is 21.5. The third-order valence-corrected chi connectivity index (χ3v) is 5.03. The molecular formula is C26H35N5O3. The molecule has 4 N–H and O–H groups in total. The van der Waals surface area contributed by atoms with E-state index in [-0.39, 0.29) is 17.8 Å². The number of hydrogen-bond acceptors (Lipinski definition) is 6. The number of benzene rings is 2. The number of fused-ring (bicyclic) bond motifs is 1. The maximum absolute atomic E-state index is 12.8. The Hall–Kier alpha value is -3.52. The van der Waals surface area contributed by atoms with Gasteiger partial charge in [0.2, 0.25) is 6.17 Å². The Kier molecular flexibility index (Phi) is 10.9. The molecule has 1 atom stereocenters. The van der Waals surface area contributed by atoms with Crippen LogP contribution >= 0.6 is 0 Å². The number of aliphatic imine (C=N–C) groups is 2. The summed E-state index contributed by atoms with van der Waals surface area (Å²) < 4.78 is 10.7. The molecule has 8 heteroatoms. The molecule has 8 nitrogen and oxygen atoms in total. The lowest BCUT2D eigenvalue weighted by atomic mass is 10.0. The van der Waals surface area contributed by atoms with Gasteiger partial charge in [0.1, 0.15) is 0 Å². The van der Waals surface area contributed by atoms with Crippen molar-refractivity contribution < 1.29 is 14.3 Å². The van der Waals surface area contributed by atoms with Crippen molar-refractivity contribution in [3.63, 3.8) is 0 Å². The van der Waals surface area contributed by atoms with E-state index < -0.39 is 12.1 Å². The maximum Gasteiger partial charge on any atom is 0.291 e. The molecule has 0 bridgehead atoms. The van der Waals surface area contributed by atoms with Gasteiger partial charge in [0.25, 0.3) is 11.9 Å². The first-order valence-electron chi connectivity index (χ1n) is 11.8. The zero-order valence-corrected chi connectivity index (χ0v) is 20.4. The molecule has 2 aromatic rings. The van der Waals surface area contributed by atoms with Crippen LogP contribution in [-0.4, -0.2) is 42.9 Å². The highest BCUT2D eigenvalue weighted by Crippen LogP contribution is 2.24. The average Bonchev–Trinajstić information content (AvgIpc) is 3.03. The van der Waals surface area contributed by atoms with Crippen LogP contribution in [-0.2, 0) is 14.3 Å². The minimum atomic E-state index is -1.13. The molecule has 1 fully saturated rings. The summed E-state index contributed by atoms with van der Waals surface area (Å²) in [6.07, 6.45) is 0.263. The molecule has 1 amide bonds. The van der Waals surface area contributed by atoms with Crippen LogP contribution in [0.2, 0.25) is 0 Å². The molecule has 2 aliphatic rings. The highest BCUT2D eigenvalue weighted by atomic mass is 16.5. The maximum atomic E-state index is 12.8. The second-order valence-corrected chi connectivity index (χ2v) is 7.07. The van der Waals surface area contributed by atoms with E-state index in [9.17, 15) is 4.79 Å². The van der Waals surface area contributed by atoms with Gasteiger partial charge in [0.05, 0.1) is 11.4 Å². The number of para-hydroxylation sites is 1. The van der Waals surface area contributed by atoms with Crippen LogP contribution in [0.4, 0.5) is 5.69 Å². The quantitative estimate of drug-likeness (QED) is 0.453. The third-order valence-electron chi connectivity index (χ3n) is 5.03. The van der Waals surface area contributed by atoms with Crippen LogP contribution in [0, 0.1) is 11.3 Å². The summed E-state index contributed by atoms with van der Waals surface area (Å²) in [7, 11) is 0. The lowest BCUT2D eigenvalue weighted by Crippen LogP contribution is -2.32. The average molecular weight is 466 g/mol. The van der Waals surface area contributed by atoms with E-state index in [0.717, 1.165) is 11.1 Å². The van der Waals surface area contributed by atoms with Crippen LogP contribution in [0.3, 0.4) is 0 Å². The van der Waals surface area contributed by atoms with Gasteiger partial charge >= 0.3 is 0 Å². The van der Waals surface area contributed by atoms with Gasteiger partial charge in [-0.05, 0) is 18.9 Å². The van der Waals surface area contributed by atoms with Gasteiger partial charge in [-0.2, -0.15) is 4.99 Å². The topological polar surface area (TPSA) is 122 Å². The number of amidine groups is 1. The van der Waals surface area contributed by atoms with E-state index in [2.05, 4.69) is 15.3 Å². The largest absolute Gasteiger partial charge is 0.412 e. The second-order valence-electron chi connectivity index (χ2n) is 7.07. The van der Waals surface area contributed by atoms with Gasteiger partial charge in [0, 0.05) is 30.3 Å². The molecule has 182 valence electrons. The number of carbonyl (C=O) groups excluding carboxylic acids is 1. The van der Waals surface area contributed by atoms with Crippen molar-refractivity contribution in [2.24, 2.45) is 21.6 Å². The number of amides is 1. The van der Waals surface area contributed by atoms with E-state index >= 15 is 0 Å². The number of benzodiazepines with no additional fused rings is 1. The van der Waals surface area contributed by atoms with Crippen LogP contribution in [0.1, 0.15) is 51.7 Å².